The summed E-state index contributed by atoms with van der Waals surface area (Å²) in [6.07, 6.45) is 0.999. The van der Waals surface area contributed by atoms with Gasteiger partial charge in [-0.25, -0.2) is 0 Å². The number of hydrogen-bond acceptors (Lipinski definition) is 2. The fraction of sp³-hybridized carbons (Fsp3) is 0.250. The third kappa shape index (κ3) is 3.28. The van der Waals surface area contributed by atoms with Crippen molar-refractivity contribution in [2.75, 3.05) is 7.05 Å². The molecule has 2 aromatic rings. The van der Waals surface area contributed by atoms with Crippen LogP contribution in [0.4, 0.5) is 0 Å². The number of nitrogens with one attached hydrogen (secondary N) is 1. The van der Waals surface area contributed by atoms with Gasteiger partial charge in [0.2, 0.25) is 0 Å². The molecule has 0 heterocycles. The van der Waals surface area contributed by atoms with Gasteiger partial charge in [0, 0.05) is 11.6 Å². The molecule has 2 rings (SSSR count). The Balaban J connectivity index is 2.33. The van der Waals surface area contributed by atoms with Gasteiger partial charge in [-0.3, -0.25) is 0 Å². The molecule has 0 radical (unpaired) electrons. The van der Waals surface area contributed by atoms with Crippen LogP contribution in [-0.2, 0) is 0 Å². The molecule has 3 heteroatoms. The summed E-state index contributed by atoms with van der Waals surface area (Å²) in [7, 11) is 1.96. The van der Waals surface area contributed by atoms with Gasteiger partial charge in [0.15, 0.2) is 0 Å². The molecule has 0 aromatic heterocycles. The second kappa shape index (κ2) is 6.60. The van der Waals surface area contributed by atoms with Crippen molar-refractivity contribution >= 4 is 11.6 Å². The lowest BCUT2D eigenvalue weighted by Crippen LogP contribution is -2.15. The van der Waals surface area contributed by atoms with Gasteiger partial charge in [0.05, 0.1) is 5.02 Å². The lowest BCUT2D eigenvalue weighted by molar-refractivity contribution is 0.459. The van der Waals surface area contributed by atoms with Gasteiger partial charge < -0.3 is 10.1 Å². The summed E-state index contributed by atoms with van der Waals surface area (Å²) < 4.78 is 5.95. The predicted octanol–water partition coefficient (Wildman–Crippen LogP) is 4.80. The van der Waals surface area contributed by atoms with Crippen molar-refractivity contribution in [3.63, 3.8) is 0 Å². The van der Waals surface area contributed by atoms with Crippen LogP contribution in [0.3, 0.4) is 0 Å². The number of ether oxygens (including phenoxy) is 1. The van der Waals surface area contributed by atoms with E-state index in [0.717, 1.165) is 17.7 Å². The largest absolute Gasteiger partial charge is 0.455 e. The Morgan fingerprint density at radius 2 is 1.68 bits per heavy atom. The Labute approximate surface area is 119 Å². The van der Waals surface area contributed by atoms with Crippen LogP contribution in [0, 0.1) is 0 Å². The van der Waals surface area contributed by atoms with E-state index < -0.39 is 0 Å². The Bertz CT molecular complexity index is 538. The minimum absolute atomic E-state index is 0.277. The number of benzene rings is 2. The zero-order valence-electron chi connectivity index (χ0n) is 11.2. The van der Waals surface area contributed by atoms with Gasteiger partial charge in [-0.15, -0.1) is 0 Å². The highest BCUT2D eigenvalue weighted by Crippen LogP contribution is 2.33. The molecule has 1 unspecified atom stereocenters. The van der Waals surface area contributed by atoms with Crippen LogP contribution in [0.15, 0.2) is 48.5 Å². The van der Waals surface area contributed by atoms with E-state index in [4.69, 9.17) is 16.3 Å². The third-order valence-corrected chi connectivity index (χ3v) is 3.42. The number of para-hydroxylation sites is 2. The third-order valence-electron chi connectivity index (χ3n) is 3.11. The van der Waals surface area contributed by atoms with Crippen LogP contribution in [0.25, 0.3) is 0 Å². The summed E-state index contributed by atoms with van der Waals surface area (Å²) in [6.45, 7) is 2.15. The number of rotatable bonds is 5. The highest BCUT2D eigenvalue weighted by atomic mass is 35.5. The molecule has 0 bridgehead atoms. The summed E-state index contributed by atoms with van der Waals surface area (Å²) in [5.74, 6) is 1.53. The monoisotopic (exact) mass is 275 g/mol. The van der Waals surface area contributed by atoms with E-state index in [9.17, 15) is 0 Å². The fourth-order valence-corrected chi connectivity index (χ4v) is 2.26. The van der Waals surface area contributed by atoms with Crippen molar-refractivity contribution < 1.29 is 4.74 Å². The van der Waals surface area contributed by atoms with E-state index in [2.05, 4.69) is 18.3 Å². The molecular formula is C16H18ClNO. The zero-order chi connectivity index (χ0) is 13.7. The number of halogens is 1. The normalized spacial score (nSPS) is 12.2. The maximum atomic E-state index is 6.13. The fourth-order valence-electron chi connectivity index (χ4n) is 2.09. The first-order chi connectivity index (χ1) is 9.26. The van der Waals surface area contributed by atoms with Crippen molar-refractivity contribution in [2.45, 2.75) is 19.4 Å². The summed E-state index contributed by atoms with van der Waals surface area (Å²) >= 11 is 6.13. The minimum atomic E-state index is 0.277. The zero-order valence-corrected chi connectivity index (χ0v) is 11.9. The van der Waals surface area contributed by atoms with Crippen molar-refractivity contribution in [3.8, 4) is 11.5 Å². The maximum absolute atomic E-state index is 6.13. The molecule has 2 aromatic carbocycles. The Kier molecular flexibility index (Phi) is 4.83. The van der Waals surface area contributed by atoms with Crippen molar-refractivity contribution in [1.82, 2.24) is 5.32 Å². The molecule has 0 fully saturated rings. The van der Waals surface area contributed by atoms with Crippen LogP contribution in [-0.4, -0.2) is 7.05 Å². The molecule has 1 atom stereocenters. The molecule has 100 valence electrons. The van der Waals surface area contributed by atoms with Crippen LogP contribution >= 0.6 is 11.6 Å². The molecule has 0 aliphatic carbocycles. The molecule has 0 amide bonds. The lowest BCUT2D eigenvalue weighted by atomic mass is 10.0. The molecule has 0 spiro atoms. The van der Waals surface area contributed by atoms with E-state index >= 15 is 0 Å². The van der Waals surface area contributed by atoms with E-state index in [1.54, 1.807) is 0 Å². The lowest BCUT2D eigenvalue weighted by Gasteiger charge is -2.18. The van der Waals surface area contributed by atoms with Gasteiger partial charge in [0.1, 0.15) is 11.5 Å². The summed E-state index contributed by atoms with van der Waals surface area (Å²) in [5, 5.41) is 3.92. The van der Waals surface area contributed by atoms with Crippen LogP contribution in [0.5, 0.6) is 11.5 Å². The van der Waals surface area contributed by atoms with Crippen molar-refractivity contribution in [3.05, 3.63) is 59.1 Å². The minimum Gasteiger partial charge on any atom is -0.455 e. The highest BCUT2D eigenvalue weighted by Gasteiger charge is 2.13. The molecule has 0 saturated heterocycles. The smallest absolute Gasteiger partial charge is 0.146 e. The van der Waals surface area contributed by atoms with E-state index in [-0.39, 0.29) is 6.04 Å². The first-order valence-electron chi connectivity index (χ1n) is 6.44. The van der Waals surface area contributed by atoms with E-state index in [1.807, 2.05) is 49.5 Å². The Morgan fingerprint density at radius 3 is 2.32 bits per heavy atom. The van der Waals surface area contributed by atoms with Gasteiger partial charge in [-0.1, -0.05) is 48.9 Å². The van der Waals surface area contributed by atoms with Gasteiger partial charge in [0.25, 0.3) is 0 Å². The topological polar surface area (TPSA) is 21.3 Å². The van der Waals surface area contributed by atoms with Gasteiger partial charge in [-0.05, 0) is 31.7 Å². The molecule has 19 heavy (non-hydrogen) atoms. The Hall–Kier alpha value is -1.51. The Morgan fingerprint density at radius 1 is 1.05 bits per heavy atom. The van der Waals surface area contributed by atoms with Crippen molar-refractivity contribution in [2.24, 2.45) is 0 Å². The van der Waals surface area contributed by atoms with E-state index in [0.29, 0.717) is 10.8 Å². The first-order valence-corrected chi connectivity index (χ1v) is 6.82. The highest BCUT2D eigenvalue weighted by molar-refractivity contribution is 6.32. The maximum Gasteiger partial charge on any atom is 0.146 e. The second-order valence-electron chi connectivity index (χ2n) is 4.32. The average Bonchev–Trinajstić information content (AvgIpc) is 2.44. The van der Waals surface area contributed by atoms with Crippen LogP contribution in [0.2, 0.25) is 5.02 Å². The standard InChI is InChI=1S/C16H18ClNO/c1-3-14(18-2)12-8-4-6-10-15(12)19-16-11-7-5-9-13(16)17/h4-11,14,18H,3H2,1-2H3. The molecular weight excluding hydrogens is 258 g/mol. The number of hydrogen-bond donors (Lipinski definition) is 1. The van der Waals surface area contributed by atoms with Crippen LogP contribution < -0.4 is 10.1 Å². The summed E-state index contributed by atoms with van der Waals surface area (Å²) in [6, 6.07) is 15.8. The van der Waals surface area contributed by atoms with Gasteiger partial charge >= 0.3 is 0 Å². The van der Waals surface area contributed by atoms with Gasteiger partial charge in [-0.2, -0.15) is 0 Å². The first kappa shape index (κ1) is 13.9. The molecule has 0 aliphatic heterocycles. The second-order valence-corrected chi connectivity index (χ2v) is 4.73. The predicted molar refractivity (Wildman–Crippen MR) is 80.1 cm³/mol. The van der Waals surface area contributed by atoms with Crippen molar-refractivity contribution in [1.29, 1.82) is 0 Å². The molecule has 0 saturated carbocycles. The SMILES string of the molecule is CCC(NC)c1ccccc1Oc1ccccc1Cl. The summed E-state index contributed by atoms with van der Waals surface area (Å²) in [5.41, 5.74) is 1.15. The summed E-state index contributed by atoms with van der Waals surface area (Å²) in [4.78, 5) is 0. The average molecular weight is 276 g/mol. The molecule has 0 aliphatic rings. The van der Waals surface area contributed by atoms with Crippen LogP contribution in [0.1, 0.15) is 24.9 Å². The van der Waals surface area contributed by atoms with E-state index in [1.165, 1.54) is 0 Å². The molecule has 2 nitrogen and oxygen atoms in total. The molecule has 1 N–H and O–H groups in total. The quantitative estimate of drug-likeness (QED) is 0.846.